The van der Waals surface area contributed by atoms with Crippen molar-refractivity contribution < 1.29 is 9.18 Å². The lowest BCUT2D eigenvalue weighted by molar-refractivity contribution is 0.0697. The second-order valence-corrected chi connectivity index (χ2v) is 4.77. The summed E-state index contributed by atoms with van der Waals surface area (Å²) in [4.78, 5) is 18.0. The number of rotatable bonds is 2. The molecule has 4 nitrogen and oxygen atoms in total. The van der Waals surface area contributed by atoms with E-state index in [1.165, 1.54) is 6.07 Å². The van der Waals surface area contributed by atoms with Crippen LogP contribution in [0.1, 0.15) is 30.1 Å². The van der Waals surface area contributed by atoms with Crippen molar-refractivity contribution in [1.82, 2.24) is 9.88 Å². The van der Waals surface area contributed by atoms with Gasteiger partial charge in [-0.2, -0.15) is 0 Å². The Morgan fingerprint density at radius 1 is 1.50 bits per heavy atom. The minimum absolute atomic E-state index is 0.141. The maximum atomic E-state index is 13.2. The Bertz CT molecular complexity index is 442. The molecule has 1 aliphatic heterocycles. The van der Waals surface area contributed by atoms with Gasteiger partial charge in [0.2, 0.25) is 0 Å². The number of likely N-dealkylation sites (tertiary alicyclic amines) is 1. The quantitative estimate of drug-likeness (QED) is 0.875. The van der Waals surface area contributed by atoms with E-state index in [1.807, 2.05) is 0 Å². The van der Waals surface area contributed by atoms with E-state index in [1.54, 1.807) is 11.9 Å². The van der Waals surface area contributed by atoms with Crippen LogP contribution in [0, 0.1) is 11.7 Å². The molecule has 0 spiro atoms. The normalized spacial score (nSPS) is 16.7. The summed E-state index contributed by atoms with van der Waals surface area (Å²) in [5, 5.41) is 2.83. The Balaban J connectivity index is 2.20. The molecule has 1 aromatic rings. The maximum Gasteiger partial charge on any atom is 0.257 e. The number of anilines is 1. The average molecular weight is 251 g/mol. The number of carbonyl (C=O) groups is 1. The number of aromatic nitrogens is 1. The molecule has 1 N–H and O–H groups in total. The van der Waals surface area contributed by atoms with Gasteiger partial charge in [0, 0.05) is 20.1 Å². The van der Waals surface area contributed by atoms with E-state index >= 15 is 0 Å². The van der Waals surface area contributed by atoms with Crippen molar-refractivity contribution in [2.75, 3.05) is 25.5 Å². The lowest BCUT2D eigenvalue weighted by Gasteiger charge is -2.30. The minimum Gasteiger partial charge on any atom is -0.372 e. The summed E-state index contributed by atoms with van der Waals surface area (Å²) >= 11 is 0. The number of hydrogen-bond donors (Lipinski definition) is 1. The highest BCUT2D eigenvalue weighted by atomic mass is 19.1. The van der Waals surface area contributed by atoms with Crippen molar-refractivity contribution in [3.8, 4) is 0 Å². The molecule has 0 aliphatic carbocycles. The summed E-state index contributed by atoms with van der Waals surface area (Å²) in [6, 6.07) is 1.25. The predicted molar refractivity (Wildman–Crippen MR) is 68.0 cm³/mol. The highest BCUT2D eigenvalue weighted by molar-refractivity contribution is 5.98. The van der Waals surface area contributed by atoms with Crippen molar-refractivity contribution in [3.63, 3.8) is 0 Å². The molecular weight excluding hydrogens is 233 g/mol. The summed E-state index contributed by atoms with van der Waals surface area (Å²) in [5.41, 5.74) is 0.312. The van der Waals surface area contributed by atoms with Gasteiger partial charge in [-0.25, -0.2) is 9.37 Å². The number of pyridine rings is 1. The van der Waals surface area contributed by atoms with E-state index in [9.17, 15) is 9.18 Å². The van der Waals surface area contributed by atoms with Crippen LogP contribution in [-0.4, -0.2) is 35.9 Å². The maximum absolute atomic E-state index is 13.2. The number of nitrogens with one attached hydrogen (secondary N) is 1. The van der Waals surface area contributed by atoms with Gasteiger partial charge in [-0.05, 0) is 24.8 Å². The minimum atomic E-state index is -0.484. The lowest BCUT2D eigenvalue weighted by Crippen LogP contribution is -2.38. The summed E-state index contributed by atoms with van der Waals surface area (Å²) in [7, 11) is 1.68. The molecule has 0 radical (unpaired) electrons. The fraction of sp³-hybridized carbons (Fsp3) is 0.538. The zero-order valence-electron chi connectivity index (χ0n) is 10.7. The van der Waals surface area contributed by atoms with Gasteiger partial charge in [0.1, 0.15) is 11.6 Å². The lowest BCUT2D eigenvalue weighted by atomic mass is 9.98. The van der Waals surface area contributed by atoms with Crippen LogP contribution in [0.3, 0.4) is 0 Å². The molecule has 0 bridgehead atoms. The predicted octanol–water partition coefficient (Wildman–Crippen LogP) is 2.13. The van der Waals surface area contributed by atoms with Gasteiger partial charge >= 0.3 is 0 Å². The summed E-state index contributed by atoms with van der Waals surface area (Å²) in [6.45, 7) is 3.66. The molecule has 5 heteroatoms. The number of hydrogen-bond acceptors (Lipinski definition) is 3. The van der Waals surface area contributed by atoms with Crippen LogP contribution in [0.25, 0.3) is 0 Å². The van der Waals surface area contributed by atoms with Gasteiger partial charge < -0.3 is 10.2 Å². The molecule has 2 heterocycles. The van der Waals surface area contributed by atoms with Crippen LogP contribution in [0.2, 0.25) is 0 Å². The monoisotopic (exact) mass is 251 g/mol. The number of halogens is 1. The Morgan fingerprint density at radius 3 is 2.78 bits per heavy atom. The first-order valence-corrected chi connectivity index (χ1v) is 6.24. The van der Waals surface area contributed by atoms with Crippen molar-refractivity contribution in [1.29, 1.82) is 0 Å². The van der Waals surface area contributed by atoms with E-state index in [4.69, 9.17) is 0 Å². The third-order valence-electron chi connectivity index (χ3n) is 3.39. The zero-order chi connectivity index (χ0) is 13.1. The molecule has 2 rings (SSSR count). The second-order valence-electron chi connectivity index (χ2n) is 4.77. The standard InChI is InChI=1S/C13H18FN3O/c1-9-3-5-17(6-4-9)13(18)11-7-10(14)8-16-12(11)15-2/h7-9H,3-6H2,1-2H3,(H,15,16). The SMILES string of the molecule is CNc1ncc(F)cc1C(=O)N1CCC(C)CC1. The van der Waals surface area contributed by atoms with Gasteiger partial charge in [0.25, 0.3) is 5.91 Å². The first kappa shape index (κ1) is 12.8. The van der Waals surface area contributed by atoms with Gasteiger partial charge in [-0.3, -0.25) is 4.79 Å². The van der Waals surface area contributed by atoms with Crippen molar-refractivity contribution in [2.24, 2.45) is 5.92 Å². The molecule has 1 aliphatic rings. The Morgan fingerprint density at radius 2 is 2.17 bits per heavy atom. The third kappa shape index (κ3) is 2.60. The zero-order valence-corrected chi connectivity index (χ0v) is 10.7. The Labute approximate surface area is 106 Å². The largest absolute Gasteiger partial charge is 0.372 e. The molecule has 0 unspecified atom stereocenters. The molecule has 0 aromatic carbocycles. The average Bonchev–Trinajstić information content (AvgIpc) is 2.39. The highest BCUT2D eigenvalue weighted by Crippen LogP contribution is 2.21. The Kier molecular flexibility index (Phi) is 3.79. The molecule has 1 saturated heterocycles. The molecule has 1 aromatic heterocycles. The molecule has 18 heavy (non-hydrogen) atoms. The molecule has 0 saturated carbocycles. The summed E-state index contributed by atoms with van der Waals surface area (Å²) < 4.78 is 13.2. The van der Waals surface area contributed by atoms with Crippen LogP contribution >= 0.6 is 0 Å². The van der Waals surface area contributed by atoms with Gasteiger partial charge in [0.15, 0.2) is 0 Å². The summed E-state index contributed by atoms with van der Waals surface area (Å²) in [5.74, 6) is 0.462. The number of amides is 1. The fourth-order valence-electron chi connectivity index (χ4n) is 2.18. The van der Waals surface area contributed by atoms with Crippen LogP contribution in [0.5, 0.6) is 0 Å². The van der Waals surface area contributed by atoms with Gasteiger partial charge in [-0.15, -0.1) is 0 Å². The van der Waals surface area contributed by atoms with E-state index in [0.29, 0.717) is 17.3 Å². The van der Waals surface area contributed by atoms with Gasteiger partial charge in [-0.1, -0.05) is 6.92 Å². The smallest absolute Gasteiger partial charge is 0.257 e. The number of nitrogens with zero attached hydrogens (tertiary/aromatic N) is 2. The molecule has 1 amide bonds. The number of piperidine rings is 1. The van der Waals surface area contributed by atoms with Crippen molar-refractivity contribution >= 4 is 11.7 Å². The van der Waals surface area contributed by atoms with E-state index in [2.05, 4.69) is 17.2 Å². The number of carbonyl (C=O) groups excluding carboxylic acids is 1. The van der Waals surface area contributed by atoms with E-state index in [-0.39, 0.29) is 5.91 Å². The van der Waals surface area contributed by atoms with Crippen molar-refractivity contribution in [2.45, 2.75) is 19.8 Å². The van der Waals surface area contributed by atoms with Gasteiger partial charge in [0.05, 0.1) is 11.8 Å². The second kappa shape index (κ2) is 5.33. The first-order chi connectivity index (χ1) is 8.61. The Hall–Kier alpha value is -1.65. The molecular formula is C13H18FN3O. The van der Waals surface area contributed by atoms with E-state index < -0.39 is 5.82 Å². The van der Waals surface area contributed by atoms with E-state index in [0.717, 1.165) is 32.1 Å². The van der Waals surface area contributed by atoms with Crippen LogP contribution in [0.4, 0.5) is 10.2 Å². The van der Waals surface area contributed by atoms with Crippen LogP contribution < -0.4 is 5.32 Å². The van der Waals surface area contributed by atoms with Crippen molar-refractivity contribution in [3.05, 3.63) is 23.6 Å². The molecule has 98 valence electrons. The molecule has 1 fully saturated rings. The summed E-state index contributed by atoms with van der Waals surface area (Å²) in [6.07, 6.45) is 3.12. The first-order valence-electron chi connectivity index (χ1n) is 6.24. The third-order valence-corrected chi connectivity index (χ3v) is 3.39. The fourth-order valence-corrected chi connectivity index (χ4v) is 2.18. The topological polar surface area (TPSA) is 45.2 Å². The molecule has 0 atom stereocenters. The van der Waals surface area contributed by atoms with Crippen LogP contribution in [0.15, 0.2) is 12.3 Å². The van der Waals surface area contributed by atoms with Crippen LogP contribution in [-0.2, 0) is 0 Å². The highest BCUT2D eigenvalue weighted by Gasteiger charge is 2.24.